The van der Waals surface area contributed by atoms with Gasteiger partial charge in [-0.25, -0.2) is 9.59 Å². The summed E-state index contributed by atoms with van der Waals surface area (Å²) in [5.74, 6) is 1.36. The lowest BCUT2D eigenvalue weighted by Crippen LogP contribution is -2.00. The van der Waals surface area contributed by atoms with E-state index in [-0.39, 0.29) is 6.61 Å². The van der Waals surface area contributed by atoms with Gasteiger partial charge in [-0.05, 0) is 0 Å². The first kappa shape index (κ1) is 12.0. The zero-order chi connectivity index (χ0) is 10.8. The smallest absolute Gasteiger partial charge is 0.344 e. The first-order valence-corrected chi connectivity index (χ1v) is 3.81. The molecule has 0 heterocycles. The highest BCUT2D eigenvalue weighted by atomic mass is 16.5. The second-order valence-corrected chi connectivity index (χ2v) is 2.03. The monoisotopic (exact) mass is 194 g/mol. The molecule has 0 saturated carbocycles. The van der Waals surface area contributed by atoms with Crippen LogP contribution in [0.4, 0.5) is 0 Å². The van der Waals surface area contributed by atoms with Crippen LogP contribution in [0.3, 0.4) is 0 Å². The Morgan fingerprint density at radius 2 is 1.86 bits per heavy atom. The number of hydrogen-bond donors (Lipinski definition) is 0. The largest absolute Gasteiger partial charge is 0.462 e. The summed E-state index contributed by atoms with van der Waals surface area (Å²) in [7, 11) is 0. The molecule has 0 rings (SSSR count). The molecule has 4 heteroatoms. The van der Waals surface area contributed by atoms with Crippen molar-refractivity contribution in [1.82, 2.24) is 0 Å². The predicted molar refractivity (Wildman–Crippen MR) is 49.8 cm³/mol. The van der Waals surface area contributed by atoms with Crippen LogP contribution < -0.4 is 0 Å². The van der Waals surface area contributed by atoms with E-state index in [4.69, 9.17) is 0 Å². The molecule has 0 aliphatic carbocycles. The lowest BCUT2D eigenvalue weighted by molar-refractivity contribution is -0.137. The molecule has 0 saturated heterocycles. The van der Waals surface area contributed by atoms with Crippen molar-refractivity contribution in [3.8, 4) is 12.0 Å². The fourth-order valence-electron chi connectivity index (χ4n) is 0.441. The van der Waals surface area contributed by atoms with Gasteiger partial charge in [0.25, 0.3) is 0 Å². The molecule has 0 amide bonds. The minimum atomic E-state index is -0.611. The van der Waals surface area contributed by atoms with Gasteiger partial charge in [-0.3, -0.25) is 0 Å². The zero-order valence-corrected chi connectivity index (χ0v) is 7.62. The Hall–Kier alpha value is -2.02. The molecule has 0 N–H and O–H groups in total. The lowest BCUT2D eigenvalue weighted by atomic mass is 10.5. The Kier molecular flexibility index (Phi) is 6.52. The average Bonchev–Trinajstić information content (AvgIpc) is 2.22. The van der Waals surface area contributed by atoms with Crippen LogP contribution in [0.1, 0.15) is 6.42 Å². The van der Waals surface area contributed by atoms with Crippen molar-refractivity contribution in [3.63, 3.8) is 0 Å². The van der Waals surface area contributed by atoms with Gasteiger partial charge in [0.15, 0.2) is 0 Å². The van der Waals surface area contributed by atoms with Crippen LogP contribution >= 0.6 is 0 Å². The van der Waals surface area contributed by atoms with Crippen LogP contribution in [0.5, 0.6) is 0 Å². The van der Waals surface area contributed by atoms with Crippen LogP contribution in [0.25, 0.3) is 0 Å². The first-order valence-electron chi connectivity index (χ1n) is 3.81. The number of hydrogen-bond acceptors (Lipinski definition) is 4. The molecule has 0 fully saturated rings. The van der Waals surface area contributed by atoms with Gasteiger partial charge in [-0.2, -0.15) is 0 Å². The summed E-state index contributed by atoms with van der Waals surface area (Å²) in [5, 5.41) is 0. The van der Waals surface area contributed by atoms with Gasteiger partial charge < -0.3 is 9.47 Å². The lowest BCUT2D eigenvalue weighted by Gasteiger charge is -1.95. The molecular weight excluding hydrogens is 184 g/mol. The molecule has 0 spiro atoms. The highest BCUT2D eigenvalue weighted by molar-refractivity contribution is 5.82. The summed E-state index contributed by atoms with van der Waals surface area (Å²) >= 11 is 0. The Bertz CT molecular complexity index is 293. The molecule has 0 bridgehead atoms. The highest BCUT2D eigenvalue weighted by Gasteiger charge is 1.92. The second-order valence-electron chi connectivity index (χ2n) is 2.03. The van der Waals surface area contributed by atoms with Crippen LogP contribution in [0, 0.1) is 12.0 Å². The number of esters is 2. The fraction of sp³-hybridized carbons (Fsp3) is 0.200. The zero-order valence-electron chi connectivity index (χ0n) is 7.62. The van der Waals surface area contributed by atoms with Crippen molar-refractivity contribution in [2.45, 2.75) is 6.42 Å². The Labute approximate surface area is 82.2 Å². The van der Waals surface area contributed by atoms with E-state index in [0.29, 0.717) is 6.42 Å². The van der Waals surface area contributed by atoms with Crippen molar-refractivity contribution >= 4 is 11.9 Å². The minimum Gasteiger partial charge on any atom is -0.462 e. The normalized spacial score (nSPS) is 7.71. The maximum absolute atomic E-state index is 10.5. The Balaban J connectivity index is 3.53. The summed E-state index contributed by atoms with van der Waals surface area (Å²) in [6.07, 6.45) is 4.50. The third-order valence-electron chi connectivity index (χ3n) is 1.03. The maximum Gasteiger partial charge on any atom is 0.344 e. The van der Waals surface area contributed by atoms with E-state index in [9.17, 15) is 9.59 Å². The van der Waals surface area contributed by atoms with Crippen LogP contribution in [-0.2, 0) is 19.1 Å². The van der Waals surface area contributed by atoms with E-state index in [1.54, 1.807) is 0 Å². The van der Waals surface area contributed by atoms with E-state index in [1.165, 1.54) is 0 Å². The van der Waals surface area contributed by atoms with Crippen molar-refractivity contribution in [2.24, 2.45) is 0 Å². The number of rotatable bonds is 4. The van der Waals surface area contributed by atoms with E-state index in [1.807, 2.05) is 0 Å². The molecule has 0 unspecified atom stereocenters. The molecule has 0 radical (unpaired) electrons. The summed E-state index contributed by atoms with van der Waals surface area (Å²) in [6, 6.07) is 0. The summed E-state index contributed by atoms with van der Waals surface area (Å²) in [4.78, 5) is 21.0. The van der Waals surface area contributed by atoms with Gasteiger partial charge in [0.1, 0.15) is 12.7 Å². The van der Waals surface area contributed by atoms with Crippen molar-refractivity contribution in [3.05, 3.63) is 25.3 Å². The van der Waals surface area contributed by atoms with Crippen molar-refractivity contribution in [2.75, 3.05) is 6.61 Å². The average molecular weight is 194 g/mol. The van der Waals surface area contributed by atoms with Gasteiger partial charge in [-0.15, -0.1) is 0 Å². The molecule has 0 aromatic heterocycles. The number of carbonyl (C=O) groups is 2. The van der Waals surface area contributed by atoms with Gasteiger partial charge in [0, 0.05) is 18.6 Å². The van der Waals surface area contributed by atoms with Crippen molar-refractivity contribution < 1.29 is 19.1 Å². The molecule has 0 aromatic rings. The molecule has 0 atom stereocenters. The summed E-state index contributed by atoms with van der Waals surface area (Å²) in [6.45, 7) is 6.55. The standard InChI is InChI=1S/C10H10O4/c1-3-9(11)13-7-5-6-8-14-10(12)4-2/h3-4H,1-2,5,7H2. The second kappa shape index (κ2) is 7.62. The quantitative estimate of drug-likeness (QED) is 0.287. The van der Waals surface area contributed by atoms with E-state index in [2.05, 4.69) is 34.7 Å². The van der Waals surface area contributed by atoms with Crippen LogP contribution in [-0.4, -0.2) is 18.5 Å². The predicted octanol–water partition coefficient (Wildman–Crippen LogP) is 0.796. The van der Waals surface area contributed by atoms with Crippen LogP contribution in [0.2, 0.25) is 0 Å². The Morgan fingerprint density at radius 3 is 2.43 bits per heavy atom. The topological polar surface area (TPSA) is 52.6 Å². The molecule has 74 valence electrons. The molecule has 0 aromatic carbocycles. The van der Waals surface area contributed by atoms with Gasteiger partial charge in [0.05, 0.1) is 0 Å². The van der Waals surface area contributed by atoms with Crippen molar-refractivity contribution in [1.29, 1.82) is 0 Å². The number of ether oxygens (including phenoxy) is 2. The fourth-order valence-corrected chi connectivity index (χ4v) is 0.441. The minimum absolute atomic E-state index is 0.142. The molecular formula is C10H10O4. The van der Waals surface area contributed by atoms with Gasteiger partial charge in [-0.1, -0.05) is 19.1 Å². The van der Waals surface area contributed by atoms with Gasteiger partial charge in [0.2, 0.25) is 0 Å². The van der Waals surface area contributed by atoms with Crippen LogP contribution in [0.15, 0.2) is 25.3 Å². The van der Waals surface area contributed by atoms with E-state index < -0.39 is 11.9 Å². The Morgan fingerprint density at radius 1 is 1.21 bits per heavy atom. The number of carbonyl (C=O) groups excluding carboxylic acids is 2. The van der Waals surface area contributed by atoms with Gasteiger partial charge >= 0.3 is 11.9 Å². The molecule has 4 nitrogen and oxygen atoms in total. The third-order valence-corrected chi connectivity index (χ3v) is 1.03. The molecule has 14 heavy (non-hydrogen) atoms. The molecule has 0 aliphatic heterocycles. The summed E-state index contributed by atoms with van der Waals surface area (Å²) in [5.41, 5.74) is 0. The third kappa shape index (κ3) is 6.68. The van der Waals surface area contributed by atoms with E-state index >= 15 is 0 Å². The molecule has 0 aliphatic rings. The highest BCUT2D eigenvalue weighted by Crippen LogP contribution is 1.83. The summed E-state index contributed by atoms with van der Waals surface area (Å²) < 4.78 is 8.95. The van der Waals surface area contributed by atoms with E-state index in [0.717, 1.165) is 12.2 Å². The SMILES string of the molecule is C=CC(=O)OC#CCCOC(=O)C=C. The maximum atomic E-state index is 10.5. The first-order chi connectivity index (χ1) is 6.70.